The fraction of sp³-hybridized carbons (Fsp3) is 0.200. The van der Waals surface area contributed by atoms with Gasteiger partial charge in [-0.1, -0.05) is 0 Å². The third-order valence-electron chi connectivity index (χ3n) is 1.98. The van der Waals surface area contributed by atoms with E-state index >= 15 is 0 Å². The molecule has 0 spiro atoms. The Hall–Kier alpha value is -1.20. The molecule has 1 N–H and O–H groups in total. The number of aromatic nitrogens is 3. The smallest absolute Gasteiger partial charge is 0.153 e. The van der Waals surface area contributed by atoms with Crippen molar-refractivity contribution in [2.24, 2.45) is 0 Å². The van der Waals surface area contributed by atoms with E-state index < -0.39 is 0 Å². The van der Waals surface area contributed by atoms with E-state index in [1.165, 1.54) is 5.56 Å². The molecule has 0 amide bonds. The highest BCUT2D eigenvalue weighted by molar-refractivity contribution is 9.10. The number of hydrogen-bond donors (Lipinski definition) is 1. The summed E-state index contributed by atoms with van der Waals surface area (Å²) in [6.07, 6.45) is 5.41. The normalized spacial score (nSPS) is 10.5. The van der Waals surface area contributed by atoms with Gasteiger partial charge in [-0.25, -0.2) is 9.67 Å². The molecule has 0 saturated carbocycles. The Bertz CT molecular complexity index is 452. The van der Waals surface area contributed by atoms with E-state index in [2.05, 4.69) is 31.3 Å². The predicted molar refractivity (Wildman–Crippen MR) is 61.8 cm³/mol. The van der Waals surface area contributed by atoms with Crippen LogP contribution in [0.4, 0.5) is 0 Å². The van der Waals surface area contributed by atoms with Gasteiger partial charge in [0.2, 0.25) is 0 Å². The second-order valence-corrected chi connectivity index (χ2v) is 4.07. The maximum absolute atomic E-state index is 4.26. The molecule has 0 atom stereocenters. The summed E-state index contributed by atoms with van der Waals surface area (Å²) in [5.74, 6) is 0.827. The first-order chi connectivity index (χ1) is 7.29. The van der Waals surface area contributed by atoms with Gasteiger partial charge in [-0.3, -0.25) is 0 Å². The minimum Gasteiger partial charge on any atom is -0.316 e. The Kier molecular flexibility index (Phi) is 3.13. The SMILES string of the molecule is CNCc1ccnc(-n2cc(Br)cn2)c1. The van der Waals surface area contributed by atoms with E-state index in [0.29, 0.717) is 0 Å². The van der Waals surface area contributed by atoms with Crippen molar-refractivity contribution in [2.75, 3.05) is 7.05 Å². The molecule has 0 radical (unpaired) electrons. The fourth-order valence-corrected chi connectivity index (χ4v) is 1.61. The van der Waals surface area contributed by atoms with Crippen LogP contribution in [0.1, 0.15) is 5.56 Å². The minimum atomic E-state index is 0.827. The van der Waals surface area contributed by atoms with Crippen molar-refractivity contribution in [2.45, 2.75) is 6.54 Å². The Morgan fingerprint density at radius 1 is 1.53 bits per heavy atom. The molecule has 0 saturated heterocycles. The second kappa shape index (κ2) is 4.55. The number of hydrogen-bond acceptors (Lipinski definition) is 3. The lowest BCUT2D eigenvalue weighted by Gasteiger charge is -2.03. The molecular weight excluding hydrogens is 256 g/mol. The zero-order chi connectivity index (χ0) is 10.7. The number of rotatable bonds is 3. The van der Waals surface area contributed by atoms with Crippen molar-refractivity contribution in [1.29, 1.82) is 0 Å². The summed E-state index contributed by atoms with van der Waals surface area (Å²) < 4.78 is 2.69. The summed E-state index contributed by atoms with van der Waals surface area (Å²) in [7, 11) is 1.92. The van der Waals surface area contributed by atoms with Gasteiger partial charge >= 0.3 is 0 Å². The first-order valence-electron chi connectivity index (χ1n) is 4.59. The minimum absolute atomic E-state index is 0.827. The van der Waals surface area contributed by atoms with Crippen LogP contribution >= 0.6 is 15.9 Å². The van der Waals surface area contributed by atoms with Crippen LogP contribution in [0.25, 0.3) is 5.82 Å². The van der Waals surface area contributed by atoms with Crippen LogP contribution in [0.3, 0.4) is 0 Å². The Labute approximate surface area is 96.5 Å². The molecule has 4 nitrogen and oxygen atoms in total. The summed E-state index contributed by atoms with van der Waals surface area (Å²) in [6, 6.07) is 3.99. The summed E-state index contributed by atoms with van der Waals surface area (Å²) >= 11 is 3.36. The van der Waals surface area contributed by atoms with Crippen LogP contribution in [0, 0.1) is 0 Å². The van der Waals surface area contributed by atoms with Crippen molar-refractivity contribution in [1.82, 2.24) is 20.1 Å². The predicted octanol–water partition coefficient (Wildman–Crippen LogP) is 1.75. The van der Waals surface area contributed by atoms with Gasteiger partial charge in [-0.05, 0) is 40.7 Å². The molecule has 15 heavy (non-hydrogen) atoms. The van der Waals surface area contributed by atoms with Gasteiger partial charge < -0.3 is 5.32 Å². The van der Waals surface area contributed by atoms with Crippen molar-refractivity contribution < 1.29 is 0 Å². The summed E-state index contributed by atoms with van der Waals surface area (Å²) in [6.45, 7) is 0.831. The Morgan fingerprint density at radius 3 is 3.07 bits per heavy atom. The van der Waals surface area contributed by atoms with E-state index in [1.807, 2.05) is 25.4 Å². The monoisotopic (exact) mass is 266 g/mol. The maximum Gasteiger partial charge on any atom is 0.153 e. The highest BCUT2D eigenvalue weighted by Crippen LogP contribution is 2.11. The van der Waals surface area contributed by atoms with Gasteiger partial charge in [-0.15, -0.1) is 0 Å². The number of nitrogens with zero attached hydrogens (tertiary/aromatic N) is 3. The molecule has 2 heterocycles. The zero-order valence-corrected chi connectivity index (χ0v) is 9.90. The van der Waals surface area contributed by atoms with Gasteiger partial charge in [0, 0.05) is 18.9 Å². The standard InChI is InChI=1S/C10H11BrN4/c1-12-5-8-2-3-13-10(4-8)15-7-9(11)6-14-15/h2-4,6-7,12H,5H2,1H3. The average molecular weight is 267 g/mol. The lowest BCUT2D eigenvalue weighted by molar-refractivity contribution is 0.801. The summed E-state index contributed by atoms with van der Waals surface area (Å²) in [5, 5.41) is 7.28. The molecular formula is C10H11BrN4. The van der Waals surface area contributed by atoms with E-state index in [4.69, 9.17) is 0 Å². The van der Waals surface area contributed by atoms with Gasteiger partial charge in [-0.2, -0.15) is 5.10 Å². The fourth-order valence-electron chi connectivity index (χ4n) is 1.33. The molecule has 0 aromatic carbocycles. The molecule has 2 aromatic rings. The van der Waals surface area contributed by atoms with Gasteiger partial charge in [0.05, 0.1) is 10.7 Å². The van der Waals surface area contributed by atoms with Crippen molar-refractivity contribution >= 4 is 15.9 Å². The average Bonchev–Trinajstić information content (AvgIpc) is 2.66. The maximum atomic E-state index is 4.26. The molecule has 2 aromatic heterocycles. The Morgan fingerprint density at radius 2 is 2.40 bits per heavy atom. The molecule has 0 fully saturated rings. The molecule has 0 aliphatic heterocycles. The molecule has 0 bridgehead atoms. The highest BCUT2D eigenvalue weighted by Gasteiger charge is 2.01. The largest absolute Gasteiger partial charge is 0.316 e. The van der Waals surface area contributed by atoms with Gasteiger partial charge in [0.15, 0.2) is 5.82 Å². The molecule has 0 unspecified atom stereocenters. The zero-order valence-electron chi connectivity index (χ0n) is 8.31. The van der Waals surface area contributed by atoms with Gasteiger partial charge in [0.1, 0.15) is 0 Å². The lowest BCUT2D eigenvalue weighted by atomic mass is 10.2. The van der Waals surface area contributed by atoms with Crippen LogP contribution in [0.5, 0.6) is 0 Å². The van der Waals surface area contributed by atoms with Crippen LogP contribution in [-0.2, 0) is 6.54 Å². The molecule has 0 aliphatic carbocycles. The number of nitrogens with one attached hydrogen (secondary N) is 1. The van der Waals surface area contributed by atoms with E-state index in [0.717, 1.165) is 16.8 Å². The molecule has 0 aliphatic rings. The second-order valence-electron chi connectivity index (χ2n) is 3.16. The molecule has 5 heteroatoms. The molecule has 2 rings (SSSR count). The Balaban J connectivity index is 2.32. The topological polar surface area (TPSA) is 42.7 Å². The summed E-state index contributed by atoms with van der Waals surface area (Å²) in [5.41, 5.74) is 1.19. The number of halogens is 1. The van der Waals surface area contributed by atoms with Crippen LogP contribution in [0.2, 0.25) is 0 Å². The van der Waals surface area contributed by atoms with Crippen molar-refractivity contribution in [3.8, 4) is 5.82 Å². The van der Waals surface area contributed by atoms with Crippen molar-refractivity contribution in [3.05, 3.63) is 40.8 Å². The third-order valence-corrected chi connectivity index (χ3v) is 2.39. The van der Waals surface area contributed by atoms with Gasteiger partial charge in [0.25, 0.3) is 0 Å². The van der Waals surface area contributed by atoms with E-state index in [1.54, 1.807) is 17.1 Å². The van der Waals surface area contributed by atoms with Crippen LogP contribution < -0.4 is 5.32 Å². The highest BCUT2D eigenvalue weighted by atomic mass is 79.9. The third kappa shape index (κ3) is 2.43. The molecule has 78 valence electrons. The number of pyridine rings is 1. The van der Waals surface area contributed by atoms with E-state index in [-0.39, 0.29) is 0 Å². The van der Waals surface area contributed by atoms with Crippen LogP contribution in [0.15, 0.2) is 35.2 Å². The first-order valence-corrected chi connectivity index (χ1v) is 5.39. The lowest BCUT2D eigenvalue weighted by Crippen LogP contribution is -2.06. The quantitative estimate of drug-likeness (QED) is 0.921. The van der Waals surface area contributed by atoms with Crippen molar-refractivity contribution in [3.63, 3.8) is 0 Å². The first kappa shape index (κ1) is 10.3. The summed E-state index contributed by atoms with van der Waals surface area (Å²) in [4.78, 5) is 4.26. The van der Waals surface area contributed by atoms with E-state index in [9.17, 15) is 0 Å². The van der Waals surface area contributed by atoms with Crippen LogP contribution in [-0.4, -0.2) is 21.8 Å².